The van der Waals surface area contributed by atoms with E-state index in [1.807, 2.05) is 29.2 Å². The zero-order valence-corrected chi connectivity index (χ0v) is 15.3. The molecule has 0 aliphatic carbocycles. The number of aromatic nitrogens is 4. The predicted octanol–water partition coefficient (Wildman–Crippen LogP) is 2.14. The van der Waals surface area contributed by atoms with Gasteiger partial charge in [0, 0.05) is 17.5 Å². The predicted molar refractivity (Wildman–Crippen MR) is 99.1 cm³/mol. The number of piperidine rings is 1. The van der Waals surface area contributed by atoms with Crippen LogP contribution in [0.25, 0.3) is 16.6 Å². The maximum Gasteiger partial charge on any atom is 0.352 e. The smallest absolute Gasteiger partial charge is 0.336 e. The number of aryl methyl sites for hydroxylation is 1. The van der Waals surface area contributed by atoms with Crippen molar-refractivity contribution in [3.8, 4) is 0 Å². The van der Waals surface area contributed by atoms with Crippen molar-refractivity contribution in [2.75, 3.05) is 0 Å². The third-order valence-electron chi connectivity index (χ3n) is 5.36. The van der Waals surface area contributed by atoms with Crippen molar-refractivity contribution >= 4 is 22.5 Å². The largest absolute Gasteiger partial charge is 0.352 e. The van der Waals surface area contributed by atoms with Crippen molar-refractivity contribution in [1.82, 2.24) is 24.1 Å². The van der Waals surface area contributed by atoms with Gasteiger partial charge in [-0.25, -0.2) is 18.9 Å². The van der Waals surface area contributed by atoms with Crippen LogP contribution in [0.15, 0.2) is 29.1 Å². The minimum atomic E-state index is -0.318. The normalized spacial score (nSPS) is 20.8. The number of amides is 1. The molecular weight excluding hydrogens is 330 g/mol. The van der Waals surface area contributed by atoms with Crippen molar-refractivity contribution in [2.45, 2.75) is 58.7 Å². The first kappa shape index (κ1) is 16.8. The first-order valence-corrected chi connectivity index (χ1v) is 9.13. The summed E-state index contributed by atoms with van der Waals surface area (Å²) in [5.41, 5.74) is 1.02. The van der Waals surface area contributed by atoms with Gasteiger partial charge in [0.15, 0.2) is 5.65 Å². The van der Waals surface area contributed by atoms with E-state index in [-0.39, 0.29) is 30.2 Å². The minimum absolute atomic E-state index is 0.0387. The third kappa shape index (κ3) is 2.58. The van der Waals surface area contributed by atoms with Crippen molar-refractivity contribution in [3.63, 3.8) is 0 Å². The lowest BCUT2D eigenvalue weighted by molar-refractivity contribution is -0.138. The fourth-order valence-corrected chi connectivity index (χ4v) is 4.08. The van der Waals surface area contributed by atoms with Gasteiger partial charge in [-0.15, -0.1) is 5.10 Å². The van der Waals surface area contributed by atoms with Crippen molar-refractivity contribution < 1.29 is 4.79 Å². The molecule has 0 bridgehead atoms. The minimum Gasteiger partial charge on any atom is -0.336 e. The summed E-state index contributed by atoms with van der Waals surface area (Å²) >= 11 is 0. The molecule has 3 heterocycles. The van der Waals surface area contributed by atoms with Crippen LogP contribution in [0.1, 0.15) is 38.9 Å². The zero-order valence-electron chi connectivity index (χ0n) is 15.3. The Morgan fingerprint density at radius 2 is 1.88 bits per heavy atom. The fraction of sp³-hybridized carbons (Fsp3) is 0.474. The molecule has 1 aromatic carbocycles. The highest BCUT2D eigenvalue weighted by molar-refractivity contribution is 5.91. The Morgan fingerprint density at radius 3 is 2.62 bits per heavy atom. The summed E-state index contributed by atoms with van der Waals surface area (Å²) in [5, 5.41) is 5.27. The Bertz CT molecular complexity index is 1040. The number of hydrogen-bond donors (Lipinski definition) is 0. The number of rotatable bonds is 2. The molecule has 7 nitrogen and oxygen atoms in total. The SMILES string of the molecule is Cc1nc2ccccc2c2nn(CC(=O)N3[C@H](C)CCC[C@H]3C)c(=O)n12. The van der Waals surface area contributed by atoms with Crippen LogP contribution in [0.4, 0.5) is 0 Å². The van der Waals surface area contributed by atoms with Gasteiger partial charge < -0.3 is 4.90 Å². The van der Waals surface area contributed by atoms with Crippen LogP contribution in [0.3, 0.4) is 0 Å². The number of para-hydroxylation sites is 1. The molecule has 2 aromatic heterocycles. The van der Waals surface area contributed by atoms with Crippen LogP contribution in [-0.4, -0.2) is 42.1 Å². The first-order chi connectivity index (χ1) is 12.5. The molecule has 0 unspecified atom stereocenters. The number of fused-ring (bicyclic) bond motifs is 3. The van der Waals surface area contributed by atoms with E-state index >= 15 is 0 Å². The highest BCUT2D eigenvalue weighted by Crippen LogP contribution is 2.23. The number of hydrogen-bond acceptors (Lipinski definition) is 4. The molecule has 0 radical (unpaired) electrons. The summed E-state index contributed by atoms with van der Waals surface area (Å²) in [7, 11) is 0. The highest BCUT2D eigenvalue weighted by Gasteiger charge is 2.29. The van der Waals surface area contributed by atoms with Gasteiger partial charge >= 0.3 is 5.69 Å². The molecule has 2 atom stereocenters. The Labute approximate surface area is 151 Å². The number of benzene rings is 1. The number of carbonyl (C=O) groups is 1. The summed E-state index contributed by atoms with van der Waals surface area (Å²) in [4.78, 5) is 32.1. The molecule has 0 spiro atoms. The van der Waals surface area contributed by atoms with Gasteiger partial charge in [0.25, 0.3) is 0 Å². The van der Waals surface area contributed by atoms with Crippen LogP contribution in [0.5, 0.6) is 0 Å². The van der Waals surface area contributed by atoms with E-state index in [9.17, 15) is 9.59 Å². The van der Waals surface area contributed by atoms with E-state index in [1.54, 1.807) is 6.92 Å². The zero-order chi connectivity index (χ0) is 18.4. The maximum atomic E-state index is 12.9. The Kier molecular flexibility index (Phi) is 4.01. The monoisotopic (exact) mass is 353 g/mol. The first-order valence-electron chi connectivity index (χ1n) is 9.13. The highest BCUT2D eigenvalue weighted by atomic mass is 16.2. The maximum absolute atomic E-state index is 12.9. The number of nitrogens with zero attached hydrogens (tertiary/aromatic N) is 5. The van der Waals surface area contributed by atoms with Crippen molar-refractivity contribution in [3.05, 3.63) is 40.6 Å². The van der Waals surface area contributed by atoms with Gasteiger partial charge in [0.2, 0.25) is 5.91 Å². The second-order valence-corrected chi connectivity index (χ2v) is 7.21. The lowest BCUT2D eigenvalue weighted by Gasteiger charge is -2.39. The molecule has 136 valence electrons. The van der Waals surface area contributed by atoms with Crippen LogP contribution in [-0.2, 0) is 11.3 Å². The summed E-state index contributed by atoms with van der Waals surface area (Å²) in [6, 6.07) is 7.98. The average molecular weight is 353 g/mol. The Morgan fingerprint density at radius 1 is 1.19 bits per heavy atom. The molecule has 1 aliphatic rings. The second-order valence-electron chi connectivity index (χ2n) is 7.21. The fourth-order valence-electron chi connectivity index (χ4n) is 4.08. The van der Waals surface area contributed by atoms with Gasteiger partial charge in [-0.05, 0) is 52.2 Å². The van der Waals surface area contributed by atoms with Crippen molar-refractivity contribution in [2.24, 2.45) is 0 Å². The lowest BCUT2D eigenvalue weighted by atomic mass is 9.97. The van der Waals surface area contributed by atoms with E-state index in [4.69, 9.17) is 0 Å². The molecular formula is C19H23N5O2. The van der Waals surface area contributed by atoms with Crippen molar-refractivity contribution in [1.29, 1.82) is 0 Å². The molecule has 1 amide bonds. The van der Waals surface area contributed by atoms with Gasteiger partial charge in [0.1, 0.15) is 12.4 Å². The summed E-state index contributed by atoms with van der Waals surface area (Å²) < 4.78 is 2.76. The quantitative estimate of drug-likeness (QED) is 0.708. The van der Waals surface area contributed by atoms with Crippen LogP contribution < -0.4 is 5.69 Å². The van der Waals surface area contributed by atoms with E-state index in [0.717, 1.165) is 30.2 Å². The standard InChI is InChI=1S/C19H23N5O2/c1-12-7-6-8-13(2)23(12)17(25)11-22-19(26)24-14(3)20-16-10-5-4-9-15(16)18(24)21-22/h4-5,9-10,12-13H,6-8,11H2,1-3H3/t12-,13-/m1/s1. The molecule has 0 N–H and O–H groups in total. The van der Waals surface area contributed by atoms with Crippen LogP contribution in [0.2, 0.25) is 0 Å². The van der Waals surface area contributed by atoms with Gasteiger partial charge in [-0.2, -0.15) is 0 Å². The Hall–Kier alpha value is -2.70. The molecule has 1 saturated heterocycles. The number of carbonyl (C=O) groups excluding carboxylic acids is 1. The van der Waals surface area contributed by atoms with Gasteiger partial charge in [-0.1, -0.05) is 12.1 Å². The second kappa shape index (κ2) is 6.23. The van der Waals surface area contributed by atoms with E-state index in [0.29, 0.717) is 11.5 Å². The molecule has 7 heteroatoms. The summed E-state index contributed by atoms with van der Waals surface area (Å²) in [5.74, 6) is 0.521. The van der Waals surface area contributed by atoms with E-state index in [1.165, 1.54) is 9.08 Å². The molecule has 26 heavy (non-hydrogen) atoms. The average Bonchev–Trinajstić information content (AvgIpc) is 2.92. The Balaban J connectivity index is 1.77. The molecule has 4 rings (SSSR count). The van der Waals surface area contributed by atoms with Gasteiger partial charge in [-0.3, -0.25) is 4.79 Å². The topological polar surface area (TPSA) is 72.5 Å². The summed E-state index contributed by atoms with van der Waals surface area (Å²) in [6.07, 6.45) is 3.14. The third-order valence-corrected chi connectivity index (χ3v) is 5.36. The molecule has 3 aromatic rings. The van der Waals surface area contributed by atoms with Crippen LogP contribution >= 0.6 is 0 Å². The van der Waals surface area contributed by atoms with Gasteiger partial charge in [0.05, 0.1) is 5.52 Å². The molecule has 1 aliphatic heterocycles. The summed E-state index contributed by atoms with van der Waals surface area (Å²) in [6.45, 7) is 5.88. The van der Waals surface area contributed by atoms with Crippen LogP contribution in [0, 0.1) is 6.92 Å². The lowest BCUT2D eigenvalue weighted by Crippen LogP contribution is -2.49. The van der Waals surface area contributed by atoms with E-state index < -0.39 is 0 Å². The molecule has 1 fully saturated rings. The van der Waals surface area contributed by atoms with E-state index in [2.05, 4.69) is 23.9 Å². The number of likely N-dealkylation sites (tertiary alicyclic amines) is 1. The molecule has 0 saturated carbocycles.